The first-order valence-corrected chi connectivity index (χ1v) is 6.46. The molecule has 0 aliphatic rings. The summed E-state index contributed by atoms with van der Waals surface area (Å²) >= 11 is 3.49. The van der Waals surface area contributed by atoms with E-state index >= 15 is 0 Å². The van der Waals surface area contributed by atoms with Gasteiger partial charge in [0.1, 0.15) is 0 Å². The Morgan fingerprint density at radius 3 is 2.75 bits per heavy atom. The number of hydrogen-bond donors (Lipinski definition) is 1. The summed E-state index contributed by atoms with van der Waals surface area (Å²) in [6.45, 7) is 8.85. The number of anilines is 1. The van der Waals surface area contributed by atoms with Crippen molar-refractivity contribution in [3.8, 4) is 0 Å². The van der Waals surface area contributed by atoms with Crippen molar-refractivity contribution in [3.05, 3.63) is 28.2 Å². The fourth-order valence-corrected chi connectivity index (χ4v) is 1.59. The first-order valence-electron chi connectivity index (χ1n) is 5.67. The molecule has 0 amide bonds. The van der Waals surface area contributed by atoms with Gasteiger partial charge in [-0.1, -0.05) is 29.8 Å². The van der Waals surface area contributed by atoms with Crippen molar-refractivity contribution in [1.29, 1.82) is 0 Å². The first-order chi connectivity index (χ1) is 7.59. The quantitative estimate of drug-likeness (QED) is 0.802. The van der Waals surface area contributed by atoms with Gasteiger partial charge in [-0.25, -0.2) is 0 Å². The second-order valence-electron chi connectivity index (χ2n) is 4.36. The molecule has 0 saturated heterocycles. The molecule has 0 fully saturated rings. The average molecular weight is 286 g/mol. The summed E-state index contributed by atoms with van der Waals surface area (Å²) < 4.78 is 6.65. The van der Waals surface area contributed by atoms with Crippen LogP contribution < -0.4 is 5.32 Å². The number of aryl methyl sites for hydroxylation is 1. The van der Waals surface area contributed by atoms with Gasteiger partial charge in [0.05, 0.1) is 6.61 Å². The number of rotatable bonds is 6. The van der Waals surface area contributed by atoms with Crippen molar-refractivity contribution < 1.29 is 4.74 Å². The molecule has 0 aliphatic carbocycles. The predicted molar refractivity (Wildman–Crippen MR) is 73.0 cm³/mol. The maximum absolute atomic E-state index is 5.50. The van der Waals surface area contributed by atoms with Gasteiger partial charge >= 0.3 is 0 Å². The van der Waals surface area contributed by atoms with E-state index in [1.807, 2.05) is 0 Å². The van der Waals surface area contributed by atoms with Crippen LogP contribution in [0.4, 0.5) is 5.69 Å². The third-order valence-corrected chi connectivity index (χ3v) is 3.07. The molecule has 16 heavy (non-hydrogen) atoms. The summed E-state index contributed by atoms with van der Waals surface area (Å²) in [6.07, 6.45) is 0. The van der Waals surface area contributed by atoms with Gasteiger partial charge in [0.15, 0.2) is 0 Å². The molecule has 0 saturated carbocycles. The molecular weight excluding hydrogens is 266 g/mol. The number of nitrogens with one attached hydrogen (secondary N) is 1. The monoisotopic (exact) mass is 285 g/mol. The molecule has 90 valence electrons. The number of benzene rings is 1. The fraction of sp³-hybridized carbons (Fsp3) is 0.538. The lowest BCUT2D eigenvalue weighted by atomic mass is 10.2. The minimum absolute atomic E-state index is 0.606. The van der Waals surface area contributed by atoms with E-state index in [9.17, 15) is 0 Å². The van der Waals surface area contributed by atoms with E-state index in [1.54, 1.807) is 0 Å². The van der Waals surface area contributed by atoms with Gasteiger partial charge in [0.25, 0.3) is 0 Å². The van der Waals surface area contributed by atoms with Crippen LogP contribution in [0.3, 0.4) is 0 Å². The molecule has 0 spiro atoms. The molecule has 1 rings (SSSR count). The van der Waals surface area contributed by atoms with Crippen LogP contribution in [0.15, 0.2) is 22.7 Å². The van der Waals surface area contributed by atoms with Gasteiger partial charge in [-0.05, 0) is 36.6 Å². The van der Waals surface area contributed by atoms with Gasteiger partial charge in [0.2, 0.25) is 0 Å². The Morgan fingerprint density at radius 1 is 1.38 bits per heavy atom. The molecule has 0 unspecified atom stereocenters. The van der Waals surface area contributed by atoms with Crippen LogP contribution in [0, 0.1) is 12.8 Å². The standard InChI is InChI=1S/C13H20BrNO/c1-10(2)9-16-7-6-15-12-4-5-13(14)11(3)8-12/h4-5,8,10,15H,6-7,9H2,1-3H3. The van der Waals surface area contributed by atoms with Crippen LogP contribution in [-0.2, 0) is 4.74 Å². The minimum atomic E-state index is 0.606. The molecule has 1 aromatic carbocycles. The smallest absolute Gasteiger partial charge is 0.0639 e. The highest BCUT2D eigenvalue weighted by Crippen LogP contribution is 2.19. The summed E-state index contributed by atoms with van der Waals surface area (Å²) in [6, 6.07) is 6.26. The molecule has 0 aliphatic heterocycles. The van der Waals surface area contributed by atoms with Crippen molar-refractivity contribution in [2.24, 2.45) is 5.92 Å². The van der Waals surface area contributed by atoms with E-state index in [4.69, 9.17) is 4.74 Å². The average Bonchev–Trinajstić information content (AvgIpc) is 2.22. The lowest BCUT2D eigenvalue weighted by Crippen LogP contribution is -2.12. The maximum Gasteiger partial charge on any atom is 0.0639 e. The van der Waals surface area contributed by atoms with Crippen LogP contribution in [0.5, 0.6) is 0 Å². The SMILES string of the molecule is Cc1cc(NCCOCC(C)C)ccc1Br. The molecule has 2 nitrogen and oxygen atoms in total. The maximum atomic E-state index is 5.50. The van der Waals surface area contributed by atoms with Crippen LogP contribution in [-0.4, -0.2) is 19.8 Å². The third kappa shape index (κ3) is 4.99. The summed E-state index contributed by atoms with van der Waals surface area (Å²) in [4.78, 5) is 0. The highest BCUT2D eigenvalue weighted by Gasteiger charge is 1.97. The minimum Gasteiger partial charge on any atom is -0.383 e. The number of halogens is 1. The Kier molecular flexibility index (Phi) is 5.85. The molecule has 3 heteroatoms. The van der Waals surface area contributed by atoms with Crippen LogP contribution in [0.1, 0.15) is 19.4 Å². The van der Waals surface area contributed by atoms with E-state index in [2.05, 4.69) is 60.2 Å². The second-order valence-corrected chi connectivity index (χ2v) is 5.21. The Hall–Kier alpha value is -0.540. The van der Waals surface area contributed by atoms with E-state index < -0.39 is 0 Å². The molecule has 0 aromatic heterocycles. The molecule has 1 N–H and O–H groups in total. The van der Waals surface area contributed by atoms with Gasteiger partial charge < -0.3 is 10.1 Å². The van der Waals surface area contributed by atoms with Crippen molar-refractivity contribution >= 4 is 21.6 Å². The summed E-state index contributed by atoms with van der Waals surface area (Å²) in [7, 11) is 0. The summed E-state index contributed by atoms with van der Waals surface area (Å²) in [5.74, 6) is 0.606. The third-order valence-electron chi connectivity index (χ3n) is 2.18. The Bertz CT molecular complexity index is 326. The van der Waals surface area contributed by atoms with Crippen molar-refractivity contribution in [2.45, 2.75) is 20.8 Å². The summed E-state index contributed by atoms with van der Waals surface area (Å²) in [5.41, 5.74) is 2.39. The normalized spacial score (nSPS) is 10.8. The highest BCUT2D eigenvalue weighted by atomic mass is 79.9. The van der Waals surface area contributed by atoms with Crippen molar-refractivity contribution in [3.63, 3.8) is 0 Å². The van der Waals surface area contributed by atoms with E-state index in [-0.39, 0.29) is 0 Å². The van der Waals surface area contributed by atoms with Gasteiger partial charge in [-0.15, -0.1) is 0 Å². The zero-order valence-electron chi connectivity index (χ0n) is 10.2. The van der Waals surface area contributed by atoms with Crippen LogP contribution in [0.25, 0.3) is 0 Å². The van der Waals surface area contributed by atoms with Crippen molar-refractivity contribution in [1.82, 2.24) is 0 Å². The van der Waals surface area contributed by atoms with E-state index in [1.165, 1.54) is 5.56 Å². The molecule has 1 aromatic rings. The largest absolute Gasteiger partial charge is 0.383 e. The predicted octanol–water partition coefficient (Wildman–Crippen LogP) is 3.84. The van der Waals surface area contributed by atoms with Gasteiger partial charge in [-0.2, -0.15) is 0 Å². The Labute approximate surface area is 107 Å². The highest BCUT2D eigenvalue weighted by molar-refractivity contribution is 9.10. The molecule has 0 radical (unpaired) electrons. The second kappa shape index (κ2) is 6.92. The lowest BCUT2D eigenvalue weighted by Gasteiger charge is -2.09. The molecule has 0 heterocycles. The number of hydrogen-bond acceptors (Lipinski definition) is 2. The lowest BCUT2D eigenvalue weighted by molar-refractivity contribution is 0.118. The first kappa shape index (κ1) is 13.5. The molecule has 0 bridgehead atoms. The van der Waals surface area contributed by atoms with Crippen LogP contribution in [0.2, 0.25) is 0 Å². The summed E-state index contributed by atoms with van der Waals surface area (Å²) in [5, 5.41) is 3.34. The van der Waals surface area contributed by atoms with E-state index in [0.29, 0.717) is 5.92 Å². The van der Waals surface area contributed by atoms with Gasteiger partial charge in [-0.3, -0.25) is 0 Å². The van der Waals surface area contributed by atoms with Crippen LogP contribution >= 0.6 is 15.9 Å². The van der Waals surface area contributed by atoms with Crippen molar-refractivity contribution in [2.75, 3.05) is 25.1 Å². The topological polar surface area (TPSA) is 21.3 Å². The molecular formula is C13H20BrNO. The zero-order chi connectivity index (χ0) is 12.0. The Morgan fingerprint density at radius 2 is 2.12 bits per heavy atom. The zero-order valence-corrected chi connectivity index (χ0v) is 11.8. The number of ether oxygens (including phenoxy) is 1. The van der Waals surface area contributed by atoms with E-state index in [0.717, 1.165) is 29.9 Å². The Balaban J connectivity index is 2.24. The fourth-order valence-electron chi connectivity index (χ4n) is 1.34. The van der Waals surface area contributed by atoms with Gasteiger partial charge in [0, 0.05) is 23.3 Å². The molecule has 0 atom stereocenters.